The van der Waals surface area contributed by atoms with Crippen LogP contribution in [0, 0.1) is 6.92 Å². The number of pyridine rings is 2. The Morgan fingerprint density at radius 2 is 1.86 bits per heavy atom. The number of carbonyl (C=O) groups is 1. The number of aromatic nitrogens is 2. The minimum atomic E-state index is -0.997. The van der Waals surface area contributed by atoms with Crippen molar-refractivity contribution < 1.29 is 19.4 Å². The van der Waals surface area contributed by atoms with Crippen molar-refractivity contribution in [1.82, 2.24) is 9.97 Å². The number of aryl methyl sites for hydroxylation is 1. The van der Waals surface area contributed by atoms with E-state index >= 15 is 0 Å². The normalized spacial score (nSPS) is 17.5. The molecule has 0 aliphatic carbocycles. The largest absolute Gasteiger partial charge is 0.478 e. The number of ether oxygens (including phenoxy) is 2. The lowest BCUT2D eigenvalue weighted by atomic mass is 9.89. The minimum Gasteiger partial charge on any atom is -0.478 e. The first kappa shape index (κ1) is 23.6. The van der Waals surface area contributed by atoms with E-state index < -0.39 is 5.97 Å². The monoisotopic (exact) mass is 523 g/mol. The van der Waals surface area contributed by atoms with Crippen LogP contribution in [0.15, 0.2) is 24.3 Å². The molecule has 5 heterocycles. The van der Waals surface area contributed by atoms with Crippen molar-refractivity contribution in [1.29, 1.82) is 0 Å². The molecular formula is C27H26ClN3O4S. The number of thiophene rings is 1. The maximum atomic E-state index is 12.4. The van der Waals surface area contributed by atoms with Gasteiger partial charge in [-0.05, 0) is 44.0 Å². The number of halogens is 1. The van der Waals surface area contributed by atoms with Gasteiger partial charge in [0.25, 0.3) is 0 Å². The molecule has 2 aliphatic rings. The molecule has 2 aliphatic heterocycles. The Balaban J connectivity index is 1.71. The Morgan fingerprint density at radius 3 is 2.56 bits per heavy atom. The average Bonchev–Trinajstić information content (AvgIpc) is 3.21. The summed E-state index contributed by atoms with van der Waals surface area (Å²) in [5, 5.41) is 11.8. The van der Waals surface area contributed by atoms with Crippen LogP contribution in [0.3, 0.4) is 0 Å². The summed E-state index contributed by atoms with van der Waals surface area (Å²) in [4.78, 5) is 25.6. The first-order chi connectivity index (χ1) is 17.2. The van der Waals surface area contributed by atoms with Gasteiger partial charge in [0.2, 0.25) is 0 Å². The Kier molecular flexibility index (Phi) is 5.68. The van der Waals surface area contributed by atoms with Crippen molar-refractivity contribution in [3.05, 3.63) is 51.7 Å². The lowest BCUT2D eigenvalue weighted by molar-refractivity contribution is -0.0396. The van der Waals surface area contributed by atoms with Crippen LogP contribution in [0.1, 0.15) is 41.0 Å². The zero-order valence-corrected chi connectivity index (χ0v) is 21.9. The molecule has 0 amide bonds. The summed E-state index contributed by atoms with van der Waals surface area (Å²) in [6, 6.07) is 7.31. The molecule has 0 radical (unpaired) electrons. The second-order valence-electron chi connectivity index (χ2n) is 9.94. The van der Waals surface area contributed by atoms with Crippen LogP contribution < -0.4 is 4.90 Å². The highest BCUT2D eigenvalue weighted by atomic mass is 35.5. The van der Waals surface area contributed by atoms with Crippen molar-refractivity contribution in [2.45, 2.75) is 39.4 Å². The minimum absolute atomic E-state index is 0.210. The van der Waals surface area contributed by atoms with Crippen LogP contribution >= 0.6 is 22.9 Å². The standard InChI is InChI=1S/C27H26ClN3O4S/c1-14-19(26(32)33)20(15-4-6-16(28)7-5-15)23-22(29-14)21-17-12-27(2,3)35-13-18(17)24(30-25(21)36-23)31-8-10-34-11-9-31/h4-7H,8-13H2,1-3H3,(H,32,33). The molecule has 1 N–H and O–H groups in total. The number of benzene rings is 1. The third-order valence-electron chi connectivity index (χ3n) is 6.99. The van der Waals surface area contributed by atoms with E-state index in [9.17, 15) is 9.90 Å². The molecule has 9 heteroatoms. The Bertz CT molecular complexity index is 1520. The number of rotatable bonds is 3. The molecule has 0 atom stereocenters. The second-order valence-corrected chi connectivity index (χ2v) is 11.4. The smallest absolute Gasteiger partial charge is 0.338 e. The Labute approximate surface area is 217 Å². The maximum absolute atomic E-state index is 12.4. The number of hydrogen-bond acceptors (Lipinski definition) is 7. The van der Waals surface area contributed by atoms with Gasteiger partial charge in [-0.3, -0.25) is 4.98 Å². The predicted octanol–water partition coefficient (Wildman–Crippen LogP) is 5.86. The molecule has 6 rings (SSSR count). The van der Waals surface area contributed by atoms with Gasteiger partial charge in [0.05, 0.1) is 46.9 Å². The van der Waals surface area contributed by atoms with Crippen LogP contribution in [0.5, 0.6) is 0 Å². The van der Waals surface area contributed by atoms with Gasteiger partial charge in [-0.15, -0.1) is 11.3 Å². The number of carboxylic acid groups (broad SMARTS) is 1. The van der Waals surface area contributed by atoms with E-state index in [4.69, 9.17) is 31.0 Å². The third-order valence-corrected chi connectivity index (χ3v) is 8.34. The van der Waals surface area contributed by atoms with Gasteiger partial charge in [0.15, 0.2) is 0 Å². The number of carboxylic acids is 1. The number of fused-ring (bicyclic) bond motifs is 5. The molecule has 0 spiro atoms. The van der Waals surface area contributed by atoms with Crippen LogP contribution in [0.25, 0.3) is 31.6 Å². The number of morpholine rings is 1. The fourth-order valence-electron chi connectivity index (χ4n) is 5.29. The Morgan fingerprint density at radius 1 is 1.14 bits per heavy atom. The van der Waals surface area contributed by atoms with E-state index in [2.05, 4.69) is 18.7 Å². The highest BCUT2D eigenvalue weighted by molar-refractivity contribution is 7.26. The summed E-state index contributed by atoms with van der Waals surface area (Å²) in [5.74, 6) is -0.0612. The van der Waals surface area contributed by atoms with E-state index in [0.29, 0.717) is 36.1 Å². The highest BCUT2D eigenvalue weighted by Crippen LogP contribution is 2.46. The van der Waals surface area contributed by atoms with Gasteiger partial charge in [-0.1, -0.05) is 23.7 Å². The van der Waals surface area contributed by atoms with Gasteiger partial charge in [0.1, 0.15) is 10.6 Å². The first-order valence-corrected chi connectivity index (χ1v) is 13.2. The van der Waals surface area contributed by atoms with E-state index in [1.807, 2.05) is 12.1 Å². The molecule has 1 saturated heterocycles. The second kappa shape index (κ2) is 8.66. The summed E-state index contributed by atoms with van der Waals surface area (Å²) in [7, 11) is 0. The lowest BCUT2D eigenvalue weighted by Crippen LogP contribution is -2.39. The molecule has 1 aromatic carbocycles. The number of nitrogens with zero attached hydrogens (tertiary/aromatic N) is 3. The number of aromatic carboxylic acids is 1. The molecule has 186 valence electrons. The van der Waals surface area contributed by atoms with Gasteiger partial charge >= 0.3 is 5.97 Å². The molecule has 3 aromatic heterocycles. The van der Waals surface area contributed by atoms with Crippen molar-refractivity contribution >= 4 is 55.2 Å². The van der Waals surface area contributed by atoms with Crippen LogP contribution in [0.4, 0.5) is 5.82 Å². The van der Waals surface area contributed by atoms with E-state index in [-0.39, 0.29) is 11.2 Å². The summed E-state index contributed by atoms with van der Waals surface area (Å²) in [6.45, 7) is 9.32. The lowest BCUT2D eigenvalue weighted by Gasteiger charge is -2.36. The fraction of sp³-hybridized carbons (Fsp3) is 0.370. The Hall–Kier alpha value is -2.78. The van der Waals surface area contributed by atoms with Crippen molar-refractivity contribution in [3.8, 4) is 11.1 Å². The van der Waals surface area contributed by atoms with Crippen LogP contribution in [-0.2, 0) is 22.5 Å². The quantitative estimate of drug-likeness (QED) is 0.360. The van der Waals surface area contributed by atoms with E-state index in [0.717, 1.165) is 56.9 Å². The van der Waals surface area contributed by atoms with Crippen LogP contribution in [-0.4, -0.2) is 52.9 Å². The molecule has 0 unspecified atom stereocenters. The molecular weight excluding hydrogens is 498 g/mol. The van der Waals surface area contributed by atoms with Crippen LogP contribution in [0.2, 0.25) is 5.02 Å². The van der Waals surface area contributed by atoms with E-state index in [1.54, 1.807) is 19.1 Å². The van der Waals surface area contributed by atoms with Crippen molar-refractivity contribution in [2.75, 3.05) is 31.2 Å². The first-order valence-electron chi connectivity index (χ1n) is 12.0. The van der Waals surface area contributed by atoms with Gasteiger partial charge in [-0.2, -0.15) is 0 Å². The zero-order valence-electron chi connectivity index (χ0n) is 20.4. The SMILES string of the molecule is Cc1nc2c(sc3nc(N4CCOCC4)c4c(c32)CC(C)(C)OC4)c(-c2ccc(Cl)cc2)c1C(=O)O. The van der Waals surface area contributed by atoms with E-state index in [1.165, 1.54) is 16.9 Å². The molecule has 36 heavy (non-hydrogen) atoms. The predicted molar refractivity (Wildman–Crippen MR) is 143 cm³/mol. The molecule has 7 nitrogen and oxygen atoms in total. The molecule has 0 saturated carbocycles. The number of hydrogen-bond donors (Lipinski definition) is 1. The van der Waals surface area contributed by atoms with Crippen molar-refractivity contribution in [3.63, 3.8) is 0 Å². The van der Waals surface area contributed by atoms with Crippen molar-refractivity contribution in [2.24, 2.45) is 0 Å². The summed E-state index contributed by atoms with van der Waals surface area (Å²) >= 11 is 7.66. The summed E-state index contributed by atoms with van der Waals surface area (Å²) in [5.41, 5.74) is 4.92. The zero-order chi connectivity index (χ0) is 25.2. The van der Waals surface area contributed by atoms with Gasteiger partial charge in [-0.25, -0.2) is 9.78 Å². The topological polar surface area (TPSA) is 84.8 Å². The summed E-state index contributed by atoms with van der Waals surface area (Å²) in [6.07, 6.45) is 0.724. The highest BCUT2D eigenvalue weighted by Gasteiger charge is 2.34. The molecule has 1 fully saturated rings. The van der Waals surface area contributed by atoms with Gasteiger partial charge < -0.3 is 19.5 Å². The number of anilines is 1. The maximum Gasteiger partial charge on any atom is 0.338 e. The average molecular weight is 524 g/mol. The van der Waals surface area contributed by atoms with Gasteiger partial charge in [0, 0.05) is 41.0 Å². The third kappa shape index (κ3) is 3.84. The fourth-order valence-corrected chi connectivity index (χ4v) is 6.63. The molecule has 4 aromatic rings. The summed E-state index contributed by atoms with van der Waals surface area (Å²) < 4.78 is 12.6. The molecule has 0 bridgehead atoms.